The normalized spacial score (nSPS) is 13.2. The maximum atomic E-state index is 10.7. The van der Waals surface area contributed by atoms with Gasteiger partial charge in [0.05, 0.1) is 13.2 Å². The number of aliphatic hydroxyl groups excluding tert-OH is 1. The van der Waals surface area contributed by atoms with Gasteiger partial charge < -0.3 is 15.2 Å². The monoisotopic (exact) mass is 187 g/mol. The van der Waals surface area contributed by atoms with Gasteiger partial charge in [-0.2, -0.15) is 0 Å². The molecule has 0 aromatic rings. The third-order valence-corrected chi connectivity index (χ3v) is 1.90. The average molecular weight is 187 g/mol. The van der Waals surface area contributed by atoms with Gasteiger partial charge in [0.15, 0.2) is 0 Å². The van der Waals surface area contributed by atoms with Crippen LogP contribution in [0.4, 0.5) is 4.79 Å². The second-order valence-corrected chi connectivity index (χ2v) is 3.51. The van der Waals surface area contributed by atoms with Crippen molar-refractivity contribution in [3.05, 3.63) is 12.7 Å². The molecule has 0 aromatic heterocycles. The molecule has 0 radical (unpaired) electrons. The highest BCUT2D eigenvalue weighted by molar-refractivity contribution is 5.66. The van der Waals surface area contributed by atoms with E-state index in [1.807, 2.05) is 13.8 Å². The van der Waals surface area contributed by atoms with Crippen molar-refractivity contribution in [1.82, 2.24) is 5.32 Å². The number of nitrogens with one attached hydrogen (secondary N) is 1. The van der Waals surface area contributed by atoms with Crippen LogP contribution < -0.4 is 5.32 Å². The Morgan fingerprint density at radius 2 is 2.31 bits per heavy atom. The summed E-state index contributed by atoms with van der Waals surface area (Å²) in [5.41, 5.74) is -0.435. The molecule has 0 spiro atoms. The van der Waals surface area contributed by atoms with Crippen molar-refractivity contribution in [2.75, 3.05) is 13.7 Å². The van der Waals surface area contributed by atoms with Crippen LogP contribution in [0.25, 0.3) is 0 Å². The van der Waals surface area contributed by atoms with Gasteiger partial charge in [0.2, 0.25) is 0 Å². The SMILES string of the molecule is C=CC(O)C(C)(C)CNC(=O)OC. The molecule has 1 amide bonds. The molecule has 4 heteroatoms. The van der Waals surface area contributed by atoms with E-state index in [0.717, 1.165) is 0 Å². The first-order valence-corrected chi connectivity index (χ1v) is 4.06. The second kappa shape index (κ2) is 4.87. The zero-order valence-electron chi connectivity index (χ0n) is 8.33. The third-order valence-electron chi connectivity index (χ3n) is 1.90. The molecular formula is C9H17NO3. The predicted molar refractivity (Wildman–Crippen MR) is 50.4 cm³/mol. The fourth-order valence-electron chi connectivity index (χ4n) is 0.796. The van der Waals surface area contributed by atoms with Crippen molar-refractivity contribution in [3.8, 4) is 0 Å². The molecule has 13 heavy (non-hydrogen) atoms. The summed E-state index contributed by atoms with van der Waals surface area (Å²) < 4.78 is 4.40. The second-order valence-electron chi connectivity index (χ2n) is 3.51. The highest BCUT2D eigenvalue weighted by atomic mass is 16.5. The molecule has 1 atom stereocenters. The van der Waals surface area contributed by atoms with Crippen molar-refractivity contribution >= 4 is 6.09 Å². The Morgan fingerprint density at radius 3 is 2.69 bits per heavy atom. The van der Waals surface area contributed by atoms with Crippen LogP contribution in [0.2, 0.25) is 0 Å². The van der Waals surface area contributed by atoms with E-state index < -0.39 is 17.6 Å². The van der Waals surface area contributed by atoms with Crippen molar-refractivity contribution in [2.24, 2.45) is 5.41 Å². The van der Waals surface area contributed by atoms with Crippen LogP contribution in [0.5, 0.6) is 0 Å². The number of hydrogen-bond donors (Lipinski definition) is 2. The van der Waals surface area contributed by atoms with Crippen molar-refractivity contribution < 1.29 is 14.6 Å². The Bertz CT molecular complexity index is 189. The summed E-state index contributed by atoms with van der Waals surface area (Å²) in [7, 11) is 1.30. The van der Waals surface area contributed by atoms with Gasteiger partial charge in [-0.15, -0.1) is 6.58 Å². The van der Waals surface area contributed by atoms with Gasteiger partial charge in [0.1, 0.15) is 0 Å². The first-order valence-electron chi connectivity index (χ1n) is 4.06. The van der Waals surface area contributed by atoms with E-state index in [9.17, 15) is 9.90 Å². The van der Waals surface area contributed by atoms with E-state index >= 15 is 0 Å². The van der Waals surface area contributed by atoms with Crippen LogP contribution in [-0.2, 0) is 4.74 Å². The van der Waals surface area contributed by atoms with Crippen LogP contribution in [0.1, 0.15) is 13.8 Å². The number of carbonyl (C=O) groups excluding carboxylic acids is 1. The molecule has 0 fully saturated rings. The number of ether oxygens (including phenoxy) is 1. The summed E-state index contributed by atoms with van der Waals surface area (Å²) in [4.78, 5) is 10.7. The van der Waals surface area contributed by atoms with E-state index in [1.54, 1.807) is 0 Å². The molecule has 0 rings (SSSR count). The van der Waals surface area contributed by atoms with E-state index in [4.69, 9.17) is 0 Å². The summed E-state index contributed by atoms with van der Waals surface area (Å²) in [5, 5.41) is 12.0. The van der Waals surface area contributed by atoms with Gasteiger partial charge in [-0.3, -0.25) is 0 Å². The molecule has 0 aliphatic rings. The number of rotatable bonds is 4. The standard InChI is InChI=1S/C9H17NO3/c1-5-7(11)9(2,3)6-10-8(12)13-4/h5,7,11H,1,6H2,2-4H3,(H,10,12). The minimum Gasteiger partial charge on any atom is -0.453 e. The number of carbonyl (C=O) groups is 1. The van der Waals surface area contributed by atoms with E-state index in [0.29, 0.717) is 6.54 Å². The Kier molecular flexibility index (Phi) is 4.48. The molecule has 0 aromatic carbocycles. The summed E-state index contributed by atoms with van der Waals surface area (Å²) >= 11 is 0. The van der Waals surface area contributed by atoms with Crippen LogP contribution in [-0.4, -0.2) is 31.0 Å². The van der Waals surface area contributed by atoms with E-state index in [1.165, 1.54) is 13.2 Å². The minimum atomic E-state index is -0.648. The number of methoxy groups -OCH3 is 1. The lowest BCUT2D eigenvalue weighted by atomic mass is 9.86. The zero-order valence-corrected chi connectivity index (χ0v) is 8.33. The van der Waals surface area contributed by atoms with Crippen LogP contribution in [0.3, 0.4) is 0 Å². The predicted octanol–water partition coefficient (Wildman–Crippen LogP) is 0.915. The number of aliphatic hydroxyl groups is 1. The molecule has 0 saturated carbocycles. The quantitative estimate of drug-likeness (QED) is 0.643. The van der Waals surface area contributed by atoms with Gasteiger partial charge in [0.25, 0.3) is 0 Å². The van der Waals surface area contributed by atoms with Gasteiger partial charge in [-0.1, -0.05) is 19.9 Å². The molecule has 2 N–H and O–H groups in total. The summed E-state index contributed by atoms with van der Waals surface area (Å²) in [6.07, 6.45) is 0.299. The van der Waals surface area contributed by atoms with Crippen molar-refractivity contribution in [3.63, 3.8) is 0 Å². The summed E-state index contributed by atoms with van der Waals surface area (Å²) in [6, 6.07) is 0. The van der Waals surface area contributed by atoms with Gasteiger partial charge in [-0.05, 0) is 0 Å². The molecule has 0 aliphatic carbocycles. The smallest absolute Gasteiger partial charge is 0.406 e. The lowest BCUT2D eigenvalue weighted by Gasteiger charge is -2.28. The van der Waals surface area contributed by atoms with Crippen LogP contribution >= 0.6 is 0 Å². The van der Waals surface area contributed by atoms with Crippen molar-refractivity contribution in [1.29, 1.82) is 0 Å². The highest BCUT2D eigenvalue weighted by Crippen LogP contribution is 2.19. The fraction of sp³-hybridized carbons (Fsp3) is 0.667. The highest BCUT2D eigenvalue weighted by Gasteiger charge is 2.25. The minimum absolute atomic E-state index is 0.340. The third kappa shape index (κ3) is 3.94. The molecule has 0 heterocycles. The lowest BCUT2D eigenvalue weighted by Crippen LogP contribution is -2.40. The molecule has 4 nitrogen and oxygen atoms in total. The first-order chi connectivity index (χ1) is 5.94. The van der Waals surface area contributed by atoms with Crippen LogP contribution in [0, 0.1) is 5.41 Å². The molecule has 0 bridgehead atoms. The average Bonchev–Trinajstić information content (AvgIpc) is 2.12. The molecular weight excluding hydrogens is 170 g/mol. The van der Waals surface area contributed by atoms with E-state index in [-0.39, 0.29) is 0 Å². The molecule has 76 valence electrons. The van der Waals surface area contributed by atoms with Crippen LogP contribution in [0.15, 0.2) is 12.7 Å². The number of alkyl carbamates (subject to hydrolysis) is 1. The number of hydrogen-bond acceptors (Lipinski definition) is 3. The zero-order chi connectivity index (χ0) is 10.5. The molecule has 1 unspecified atom stereocenters. The van der Waals surface area contributed by atoms with Gasteiger partial charge >= 0.3 is 6.09 Å². The fourth-order valence-corrected chi connectivity index (χ4v) is 0.796. The molecule has 0 saturated heterocycles. The van der Waals surface area contributed by atoms with Crippen molar-refractivity contribution in [2.45, 2.75) is 20.0 Å². The van der Waals surface area contributed by atoms with E-state index in [2.05, 4.69) is 16.6 Å². The maximum Gasteiger partial charge on any atom is 0.406 e. The maximum absolute atomic E-state index is 10.7. The largest absolute Gasteiger partial charge is 0.453 e. The molecule has 0 aliphatic heterocycles. The summed E-state index contributed by atoms with van der Waals surface area (Å²) in [6.45, 7) is 7.48. The Balaban J connectivity index is 4.02. The lowest BCUT2D eigenvalue weighted by molar-refractivity contribution is 0.0875. The van der Waals surface area contributed by atoms with Gasteiger partial charge in [-0.25, -0.2) is 4.79 Å². The summed E-state index contributed by atoms with van der Waals surface area (Å²) in [5.74, 6) is 0. The topological polar surface area (TPSA) is 58.6 Å². The first kappa shape index (κ1) is 12.0. The Labute approximate surface area is 78.6 Å². The van der Waals surface area contributed by atoms with Gasteiger partial charge in [0, 0.05) is 12.0 Å². The Hall–Kier alpha value is -1.03. The number of amides is 1. The Morgan fingerprint density at radius 1 is 1.77 bits per heavy atom.